The van der Waals surface area contributed by atoms with E-state index in [2.05, 4.69) is 15.2 Å². The molecule has 0 aliphatic rings. The number of fused-ring (bicyclic) bond motifs is 1. The number of nitrogens with one attached hydrogen (secondary N) is 1. The summed E-state index contributed by atoms with van der Waals surface area (Å²) in [7, 11) is 1.61. The Morgan fingerprint density at radius 3 is 2.39 bits per heavy atom. The smallest absolute Gasteiger partial charge is 0.406 e. The summed E-state index contributed by atoms with van der Waals surface area (Å²) in [5.41, 5.74) is 0.683. The lowest BCUT2D eigenvalue weighted by Gasteiger charge is -2.14. The monoisotopic (exact) mass is 456 g/mol. The highest BCUT2D eigenvalue weighted by molar-refractivity contribution is 5.93. The molecule has 0 aliphatic carbocycles. The normalized spacial score (nSPS) is 11.5. The maximum atomic E-state index is 13.2. The molecule has 4 aromatic rings. The van der Waals surface area contributed by atoms with Crippen molar-refractivity contribution >= 4 is 22.3 Å². The lowest BCUT2D eigenvalue weighted by atomic mass is 10.1. The van der Waals surface area contributed by atoms with Gasteiger partial charge in [0, 0.05) is 18.6 Å². The Bertz CT molecular complexity index is 1440. The van der Waals surface area contributed by atoms with Gasteiger partial charge in [-0.15, -0.1) is 18.3 Å². The van der Waals surface area contributed by atoms with Crippen molar-refractivity contribution in [3.05, 3.63) is 87.1 Å². The lowest BCUT2D eigenvalue weighted by Crippen LogP contribution is -2.24. The van der Waals surface area contributed by atoms with Crippen molar-refractivity contribution < 1.29 is 17.9 Å². The molecule has 10 heteroatoms. The van der Waals surface area contributed by atoms with Crippen LogP contribution in [0.1, 0.15) is 12.5 Å². The van der Waals surface area contributed by atoms with Crippen molar-refractivity contribution in [2.45, 2.75) is 19.7 Å². The molecule has 0 fully saturated rings. The van der Waals surface area contributed by atoms with E-state index >= 15 is 0 Å². The summed E-state index contributed by atoms with van der Waals surface area (Å²) in [6.07, 6.45) is -2.52. The Morgan fingerprint density at radius 1 is 1.00 bits per heavy atom. The number of anilines is 2. The van der Waals surface area contributed by atoms with Crippen LogP contribution in [0.25, 0.3) is 16.5 Å². The van der Waals surface area contributed by atoms with Crippen LogP contribution in [0.4, 0.5) is 24.7 Å². The molecular formula is C23H19F3N4O3. The Morgan fingerprint density at radius 2 is 1.73 bits per heavy atom. The van der Waals surface area contributed by atoms with Crippen LogP contribution < -0.4 is 21.2 Å². The van der Waals surface area contributed by atoms with E-state index in [9.17, 15) is 22.8 Å². The molecule has 2 aromatic carbocycles. The third kappa shape index (κ3) is 4.59. The third-order valence-electron chi connectivity index (χ3n) is 5.06. The van der Waals surface area contributed by atoms with Crippen molar-refractivity contribution in [2.75, 3.05) is 5.32 Å². The number of pyridine rings is 1. The molecule has 2 aromatic heterocycles. The van der Waals surface area contributed by atoms with Crippen LogP contribution in [-0.2, 0) is 13.5 Å². The summed E-state index contributed by atoms with van der Waals surface area (Å²) in [6.45, 7) is 1.95. The van der Waals surface area contributed by atoms with Gasteiger partial charge in [-0.3, -0.25) is 9.59 Å². The minimum Gasteiger partial charge on any atom is -0.406 e. The van der Waals surface area contributed by atoms with Crippen LogP contribution >= 0.6 is 0 Å². The molecule has 0 saturated carbocycles. The van der Waals surface area contributed by atoms with Crippen LogP contribution in [0.15, 0.2) is 70.4 Å². The van der Waals surface area contributed by atoms with Gasteiger partial charge in [-0.1, -0.05) is 19.1 Å². The minimum absolute atomic E-state index is 0.238. The average molecular weight is 456 g/mol. The van der Waals surface area contributed by atoms with Gasteiger partial charge in [-0.25, -0.2) is 0 Å². The van der Waals surface area contributed by atoms with Crippen LogP contribution in [0.2, 0.25) is 0 Å². The minimum atomic E-state index is -4.82. The van der Waals surface area contributed by atoms with Gasteiger partial charge in [0.25, 0.3) is 11.1 Å². The molecule has 170 valence electrons. The second kappa shape index (κ2) is 8.45. The van der Waals surface area contributed by atoms with Crippen molar-refractivity contribution in [3.8, 4) is 11.4 Å². The third-order valence-corrected chi connectivity index (χ3v) is 5.06. The molecule has 0 radical (unpaired) electrons. The highest BCUT2D eigenvalue weighted by Gasteiger charge is 2.31. The van der Waals surface area contributed by atoms with E-state index in [0.717, 1.165) is 22.4 Å². The molecule has 0 unspecified atom stereocenters. The molecular weight excluding hydrogens is 437 g/mol. The maximum Gasteiger partial charge on any atom is 0.573 e. The molecule has 1 N–H and O–H groups in total. The number of halogens is 3. The van der Waals surface area contributed by atoms with Crippen molar-refractivity contribution in [3.63, 3.8) is 0 Å². The first-order valence-corrected chi connectivity index (χ1v) is 10.0. The van der Waals surface area contributed by atoms with Gasteiger partial charge in [0.1, 0.15) is 11.4 Å². The van der Waals surface area contributed by atoms with Gasteiger partial charge in [0.2, 0.25) is 0 Å². The molecule has 0 amide bonds. The fourth-order valence-electron chi connectivity index (χ4n) is 3.38. The van der Waals surface area contributed by atoms with Gasteiger partial charge in [-0.2, -0.15) is 4.68 Å². The van der Waals surface area contributed by atoms with E-state index in [1.807, 2.05) is 13.0 Å². The van der Waals surface area contributed by atoms with Crippen LogP contribution in [0.3, 0.4) is 0 Å². The molecule has 4 rings (SSSR count). The summed E-state index contributed by atoms with van der Waals surface area (Å²) >= 11 is 0. The number of rotatable bonds is 5. The van der Waals surface area contributed by atoms with E-state index in [0.29, 0.717) is 17.2 Å². The molecule has 33 heavy (non-hydrogen) atoms. The topological polar surface area (TPSA) is 78.2 Å². The van der Waals surface area contributed by atoms with E-state index in [4.69, 9.17) is 0 Å². The second-order valence-electron chi connectivity index (χ2n) is 7.30. The van der Waals surface area contributed by atoms with Crippen molar-refractivity contribution in [2.24, 2.45) is 7.05 Å². The number of ether oxygens (including phenoxy) is 1. The molecule has 0 spiro atoms. The number of nitrogens with zero attached hydrogens (tertiary/aromatic N) is 3. The van der Waals surface area contributed by atoms with Gasteiger partial charge in [-0.05, 0) is 54.4 Å². The number of hydrogen-bond donors (Lipinski definition) is 1. The summed E-state index contributed by atoms with van der Waals surface area (Å²) in [5, 5.41) is 8.24. The van der Waals surface area contributed by atoms with Gasteiger partial charge in [0.05, 0.1) is 11.1 Å². The Kier molecular flexibility index (Phi) is 5.67. The highest BCUT2D eigenvalue weighted by Crippen LogP contribution is 2.26. The zero-order chi connectivity index (χ0) is 23.8. The maximum absolute atomic E-state index is 13.2. The Balaban J connectivity index is 1.88. The zero-order valence-electron chi connectivity index (χ0n) is 17.7. The zero-order valence-corrected chi connectivity index (χ0v) is 17.7. The first kappa shape index (κ1) is 22.1. The van der Waals surface area contributed by atoms with Crippen LogP contribution in [-0.4, -0.2) is 20.7 Å². The predicted molar refractivity (Wildman–Crippen MR) is 118 cm³/mol. The summed E-state index contributed by atoms with van der Waals surface area (Å²) in [5.74, 6) is -0.161. The van der Waals surface area contributed by atoms with E-state index in [-0.39, 0.29) is 22.8 Å². The number of aryl methyl sites for hydroxylation is 2. The quantitative estimate of drug-likeness (QED) is 0.485. The molecule has 0 atom stereocenters. The van der Waals surface area contributed by atoms with Crippen molar-refractivity contribution in [1.29, 1.82) is 0 Å². The molecule has 0 saturated heterocycles. The second-order valence-corrected chi connectivity index (χ2v) is 7.30. The fourth-order valence-corrected chi connectivity index (χ4v) is 3.38. The van der Waals surface area contributed by atoms with Crippen LogP contribution in [0.5, 0.6) is 5.75 Å². The molecule has 0 bridgehead atoms. The summed E-state index contributed by atoms with van der Waals surface area (Å²) in [6, 6.07) is 13.4. The number of benzene rings is 2. The van der Waals surface area contributed by atoms with Gasteiger partial charge >= 0.3 is 6.36 Å². The first-order valence-electron chi connectivity index (χ1n) is 10.0. The highest BCUT2D eigenvalue weighted by atomic mass is 19.4. The summed E-state index contributed by atoms with van der Waals surface area (Å²) < 4.78 is 43.8. The lowest BCUT2D eigenvalue weighted by molar-refractivity contribution is -0.274. The number of hydrogen-bond acceptors (Lipinski definition) is 5. The predicted octanol–water partition coefficient (Wildman–Crippen LogP) is 4.29. The first-order chi connectivity index (χ1) is 15.7. The van der Waals surface area contributed by atoms with Gasteiger partial charge in [0.15, 0.2) is 5.82 Å². The van der Waals surface area contributed by atoms with Crippen LogP contribution in [0, 0.1) is 0 Å². The molecule has 7 nitrogen and oxygen atoms in total. The molecule has 2 heterocycles. The van der Waals surface area contributed by atoms with Gasteiger partial charge < -0.3 is 14.6 Å². The van der Waals surface area contributed by atoms with E-state index in [1.54, 1.807) is 37.5 Å². The summed E-state index contributed by atoms with van der Waals surface area (Å²) in [4.78, 5) is 25.7. The molecule has 0 aliphatic heterocycles. The standard InChI is InChI=1S/C23H19F3N4O3/c1-3-14-6-11-17-18(13-14)21(31)30(15-7-9-16(10-8-15)33-23(24,25)26)28-20(17)27-19-5-4-12-29(2)22(19)32/h4-13H,3H2,1-2H3,(H,27,28). The number of alkyl halides is 3. The average Bonchev–Trinajstić information content (AvgIpc) is 2.78. The van der Waals surface area contributed by atoms with Crippen molar-refractivity contribution in [1.82, 2.24) is 14.3 Å². The Labute approximate surface area is 185 Å². The van der Waals surface area contributed by atoms with E-state index < -0.39 is 17.7 Å². The Hall–Kier alpha value is -4.08. The fraction of sp³-hybridized carbons (Fsp3) is 0.174. The number of aromatic nitrogens is 3. The van der Waals surface area contributed by atoms with E-state index in [1.165, 1.54) is 16.7 Å². The SMILES string of the molecule is CCc1ccc2c(Nc3cccn(C)c3=O)nn(-c3ccc(OC(F)(F)F)cc3)c(=O)c2c1. The largest absolute Gasteiger partial charge is 0.573 e.